The van der Waals surface area contributed by atoms with Crippen LogP contribution in [0.2, 0.25) is 0 Å². The first-order valence-electron chi connectivity index (χ1n) is 6.27. The van der Waals surface area contributed by atoms with E-state index in [1.165, 1.54) is 0 Å². The van der Waals surface area contributed by atoms with E-state index >= 15 is 0 Å². The van der Waals surface area contributed by atoms with Crippen LogP contribution in [0.15, 0.2) is 12.3 Å². The minimum absolute atomic E-state index is 0.00706. The molecular formula is C12H15ClF3N3. The summed E-state index contributed by atoms with van der Waals surface area (Å²) in [6, 6.07) is 0.781. The molecule has 7 heteroatoms. The van der Waals surface area contributed by atoms with Gasteiger partial charge in [-0.05, 0) is 18.9 Å². The molecule has 0 bridgehead atoms. The molecule has 2 atom stereocenters. The quantitative estimate of drug-likeness (QED) is 0.665. The molecule has 1 heterocycles. The van der Waals surface area contributed by atoms with Crippen molar-refractivity contribution in [1.82, 2.24) is 9.97 Å². The van der Waals surface area contributed by atoms with Gasteiger partial charge < -0.3 is 5.32 Å². The van der Waals surface area contributed by atoms with E-state index in [2.05, 4.69) is 15.3 Å². The van der Waals surface area contributed by atoms with Gasteiger partial charge in [0.25, 0.3) is 0 Å². The molecule has 0 aromatic carbocycles. The van der Waals surface area contributed by atoms with Crippen LogP contribution in [0.3, 0.4) is 0 Å². The highest BCUT2D eigenvalue weighted by Gasteiger charge is 2.33. The summed E-state index contributed by atoms with van der Waals surface area (Å²) < 4.78 is 37.6. The Labute approximate surface area is 114 Å². The Morgan fingerprint density at radius 1 is 1.21 bits per heavy atom. The summed E-state index contributed by atoms with van der Waals surface area (Å²) in [5.41, 5.74) is -0.940. The Morgan fingerprint density at radius 3 is 2.68 bits per heavy atom. The van der Waals surface area contributed by atoms with Crippen molar-refractivity contribution >= 4 is 17.5 Å². The molecule has 1 aromatic rings. The molecule has 1 aliphatic carbocycles. The van der Waals surface area contributed by atoms with Gasteiger partial charge in [-0.1, -0.05) is 19.3 Å². The molecule has 1 N–H and O–H groups in total. The van der Waals surface area contributed by atoms with Crippen LogP contribution in [0.1, 0.15) is 37.8 Å². The predicted molar refractivity (Wildman–Crippen MR) is 67.2 cm³/mol. The highest BCUT2D eigenvalue weighted by molar-refractivity contribution is 6.21. The molecule has 1 fully saturated rings. The number of halogens is 4. The highest BCUT2D eigenvalue weighted by atomic mass is 35.5. The maximum Gasteiger partial charge on any atom is 0.433 e. The third-order valence-electron chi connectivity index (χ3n) is 3.19. The van der Waals surface area contributed by atoms with Crippen LogP contribution in [-0.4, -0.2) is 21.4 Å². The predicted octanol–water partition coefficient (Wildman–Crippen LogP) is 3.85. The summed E-state index contributed by atoms with van der Waals surface area (Å²) in [5, 5.41) is 2.83. The van der Waals surface area contributed by atoms with Crippen molar-refractivity contribution in [3.63, 3.8) is 0 Å². The molecule has 1 aliphatic rings. The van der Waals surface area contributed by atoms with Crippen molar-refractivity contribution < 1.29 is 13.2 Å². The first kappa shape index (κ1) is 14.4. The van der Waals surface area contributed by atoms with Crippen LogP contribution < -0.4 is 5.32 Å². The van der Waals surface area contributed by atoms with E-state index in [1.807, 2.05) is 0 Å². The lowest BCUT2D eigenvalue weighted by molar-refractivity contribution is -0.141. The fraction of sp³-hybridized carbons (Fsp3) is 0.667. The van der Waals surface area contributed by atoms with Crippen LogP contribution in [0.4, 0.5) is 19.1 Å². The van der Waals surface area contributed by atoms with Gasteiger partial charge in [0.15, 0.2) is 0 Å². The zero-order chi connectivity index (χ0) is 13.9. The maximum absolute atomic E-state index is 12.5. The number of alkyl halides is 4. The third kappa shape index (κ3) is 3.96. The monoisotopic (exact) mass is 293 g/mol. The summed E-state index contributed by atoms with van der Waals surface area (Å²) in [5.74, 6) is -0.00706. The van der Waals surface area contributed by atoms with Crippen LogP contribution in [0, 0.1) is 0 Å². The van der Waals surface area contributed by atoms with E-state index in [0.29, 0.717) is 0 Å². The van der Waals surface area contributed by atoms with Crippen molar-refractivity contribution in [2.75, 3.05) is 5.32 Å². The van der Waals surface area contributed by atoms with Gasteiger partial charge >= 0.3 is 6.18 Å². The molecule has 0 spiro atoms. The molecule has 19 heavy (non-hydrogen) atoms. The van der Waals surface area contributed by atoms with Gasteiger partial charge in [0, 0.05) is 12.2 Å². The van der Waals surface area contributed by atoms with E-state index < -0.39 is 11.9 Å². The molecule has 0 saturated heterocycles. The van der Waals surface area contributed by atoms with Crippen molar-refractivity contribution in [2.24, 2.45) is 0 Å². The molecule has 0 aliphatic heterocycles. The largest absolute Gasteiger partial charge is 0.433 e. The van der Waals surface area contributed by atoms with Crippen molar-refractivity contribution in [3.05, 3.63) is 18.0 Å². The van der Waals surface area contributed by atoms with Crippen molar-refractivity contribution in [3.8, 4) is 0 Å². The average Bonchev–Trinajstić information content (AvgIpc) is 2.54. The van der Waals surface area contributed by atoms with Gasteiger partial charge in [0.1, 0.15) is 5.69 Å². The Bertz CT molecular complexity index is 425. The van der Waals surface area contributed by atoms with Crippen LogP contribution in [0.25, 0.3) is 0 Å². The number of anilines is 1. The normalized spacial score (nSPS) is 24.8. The fourth-order valence-corrected chi connectivity index (χ4v) is 2.52. The lowest BCUT2D eigenvalue weighted by Crippen LogP contribution is -2.30. The van der Waals surface area contributed by atoms with E-state index in [4.69, 9.17) is 11.6 Å². The molecule has 3 nitrogen and oxygen atoms in total. The molecule has 0 radical (unpaired) electrons. The zero-order valence-corrected chi connectivity index (χ0v) is 11.0. The third-order valence-corrected chi connectivity index (χ3v) is 3.71. The average molecular weight is 294 g/mol. The van der Waals surface area contributed by atoms with Gasteiger partial charge in [-0.25, -0.2) is 9.97 Å². The standard InChI is InChI=1S/C12H15ClF3N3/c13-8-4-2-1-3-5-9(8)18-11-17-7-6-10(19-11)12(14,15)16/h6-9H,1-5H2,(H,17,18,19). The van der Waals surface area contributed by atoms with E-state index in [0.717, 1.165) is 44.4 Å². The summed E-state index contributed by atoms with van der Waals surface area (Å²) in [6.45, 7) is 0. The van der Waals surface area contributed by atoms with Crippen LogP contribution in [-0.2, 0) is 6.18 Å². The highest BCUT2D eigenvalue weighted by Crippen LogP contribution is 2.28. The molecule has 2 rings (SSSR count). The van der Waals surface area contributed by atoms with Crippen LogP contribution in [0.5, 0.6) is 0 Å². The maximum atomic E-state index is 12.5. The van der Waals surface area contributed by atoms with E-state index in [-0.39, 0.29) is 17.4 Å². The second-order valence-corrected chi connectivity index (χ2v) is 5.23. The number of nitrogens with zero attached hydrogens (tertiary/aromatic N) is 2. The van der Waals surface area contributed by atoms with Gasteiger partial charge in [-0.15, -0.1) is 11.6 Å². The summed E-state index contributed by atoms with van der Waals surface area (Å²) in [4.78, 5) is 7.33. The lowest BCUT2D eigenvalue weighted by atomic mass is 10.1. The minimum Gasteiger partial charge on any atom is -0.350 e. The Morgan fingerprint density at radius 2 is 1.95 bits per heavy atom. The van der Waals surface area contributed by atoms with Gasteiger partial charge in [0.05, 0.1) is 5.38 Å². The second-order valence-electron chi connectivity index (χ2n) is 4.67. The van der Waals surface area contributed by atoms with Crippen LogP contribution >= 0.6 is 11.6 Å². The number of nitrogens with one attached hydrogen (secondary N) is 1. The topological polar surface area (TPSA) is 37.8 Å². The lowest BCUT2D eigenvalue weighted by Gasteiger charge is -2.21. The van der Waals surface area contributed by atoms with Gasteiger partial charge in [0.2, 0.25) is 5.95 Å². The first-order valence-corrected chi connectivity index (χ1v) is 6.71. The van der Waals surface area contributed by atoms with Gasteiger partial charge in [-0.2, -0.15) is 13.2 Å². The number of rotatable bonds is 2. The minimum atomic E-state index is -4.46. The molecule has 1 saturated carbocycles. The molecular weight excluding hydrogens is 279 g/mol. The van der Waals surface area contributed by atoms with Crippen molar-refractivity contribution in [2.45, 2.75) is 49.7 Å². The Balaban J connectivity index is 2.09. The Kier molecular flexibility index (Phi) is 4.50. The molecule has 2 unspecified atom stereocenters. The van der Waals surface area contributed by atoms with Gasteiger partial charge in [-0.3, -0.25) is 0 Å². The summed E-state index contributed by atoms with van der Waals surface area (Å²) in [6.07, 6.45) is 1.51. The molecule has 0 amide bonds. The SMILES string of the molecule is FC(F)(F)c1ccnc(NC2CCCCCC2Cl)n1. The Hall–Kier alpha value is -1.04. The molecule has 1 aromatic heterocycles. The number of aromatic nitrogens is 2. The zero-order valence-electron chi connectivity index (χ0n) is 10.3. The van der Waals surface area contributed by atoms with Crippen molar-refractivity contribution in [1.29, 1.82) is 0 Å². The number of hydrogen-bond acceptors (Lipinski definition) is 3. The fourth-order valence-electron chi connectivity index (χ4n) is 2.18. The van der Waals surface area contributed by atoms with E-state index in [9.17, 15) is 13.2 Å². The summed E-state index contributed by atoms with van der Waals surface area (Å²) in [7, 11) is 0. The first-order chi connectivity index (χ1) is 8.97. The van der Waals surface area contributed by atoms with E-state index in [1.54, 1.807) is 0 Å². The smallest absolute Gasteiger partial charge is 0.350 e. The second kappa shape index (κ2) is 5.94. The summed E-state index contributed by atoms with van der Waals surface area (Å²) >= 11 is 6.23. The number of hydrogen-bond donors (Lipinski definition) is 1. The molecule has 106 valence electrons.